The van der Waals surface area contributed by atoms with Gasteiger partial charge in [0.15, 0.2) is 0 Å². The third-order valence-electron chi connectivity index (χ3n) is 3.17. The van der Waals surface area contributed by atoms with Gasteiger partial charge in [0.1, 0.15) is 0 Å². The summed E-state index contributed by atoms with van der Waals surface area (Å²) in [5, 5.41) is 10.7. The highest BCUT2D eigenvalue weighted by Gasteiger charge is 2.14. The first-order chi connectivity index (χ1) is 8.49. The van der Waals surface area contributed by atoms with Gasteiger partial charge in [0.2, 0.25) is 0 Å². The molecule has 0 radical (unpaired) electrons. The van der Waals surface area contributed by atoms with Crippen LogP contribution in [0.4, 0.5) is 17.1 Å². The van der Waals surface area contributed by atoms with Gasteiger partial charge in [-0.3, -0.25) is 10.1 Å². The van der Waals surface area contributed by atoms with Crippen molar-refractivity contribution in [1.29, 1.82) is 0 Å². The number of hydrogen-bond donors (Lipinski definition) is 1. The summed E-state index contributed by atoms with van der Waals surface area (Å²) in [5.41, 5.74) is 7.29. The summed E-state index contributed by atoms with van der Waals surface area (Å²) in [6.07, 6.45) is 1.10. The summed E-state index contributed by atoms with van der Waals surface area (Å²) < 4.78 is 0. The van der Waals surface area contributed by atoms with Gasteiger partial charge >= 0.3 is 0 Å². The number of nitrogen functional groups attached to an aromatic ring is 1. The predicted molar refractivity (Wildman–Crippen MR) is 74.9 cm³/mol. The molecule has 1 aromatic rings. The number of nitro groups is 1. The van der Waals surface area contributed by atoms with E-state index in [0.717, 1.165) is 25.2 Å². The molecule has 2 N–H and O–H groups in total. The number of nitrogens with two attached hydrogens (primary N) is 1. The monoisotopic (exact) mass is 251 g/mol. The zero-order valence-corrected chi connectivity index (χ0v) is 11.2. The van der Waals surface area contributed by atoms with Crippen molar-refractivity contribution in [3.05, 3.63) is 28.3 Å². The molecular weight excluding hydrogens is 230 g/mol. The van der Waals surface area contributed by atoms with Crippen LogP contribution in [0.25, 0.3) is 0 Å². The number of nitrogens with zero attached hydrogens (tertiary/aromatic N) is 2. The minimum absolute atomic E-state index is 0.0378. The molecule has 0 fully saturated rings. The normalized spacial score (nSPS) is 12.2. The molecular formula is C13H21N3O2. The van der Waals surface area contributed by atoms with Gasteiger partial charge < -0.3 is 10.6 Å². The minimum atomic E-state index is -0.426. The first kappa shape index (κ1) is 14.3. The van der Waals surface area contributed by atoms with Gasteiger partial charge in [0, 0.05) is 25.2 Å². The molecule has 18 heavy (non-hydrogen) atoms. The van der Waals surface area contributed by atoms with Gasteiger partial charge in [-0.25, -0.2) is 0 Å². The number of non-ortho nitro benzene ring substituents is 1. The molecule has 0 aliphatic heterocycles. The van der Waals surface area contributed by atoms with Crippen molar-refractivity contribution in [2.45, 2.75) is 27.2 Å². The van der Waals surface area contributed by atoms with Crippen LogP contribution in [-0.4, -0.2) is 18.0 Å². The van der Waals surface area contributed by atoms with Crippen molar-refractivity contribution in [1.82, 2.24) is 0 Å². The Hall–Kier alpha value is -1.78. The Labute approximate surface area is 108 Å². The molecule has 0 saturated carbocycles. The smallest absolute Gasteiger partial charge is 0.271 e. The number of rotatable bonds is 6. The Morgan fingerprint density at radius 3 is 2.56 bits per heavy atom. The average molecular weight is 251 g/mol. The second-order valence-electron chi connectivity index (χ2n) is 4.55. The zero-order valence-electron chi connectivity index (χ0n) is 11.2. The maximum Gasteiger partial charge on any atom is 0.271 e. The molecule has 0 aromatic heterocycles. The number of hydrogen-bond acceptors (Lipinski definition) is 4. The summed E-state index contributed by atoms with van der Waals surface area (Å²) in [7, 11) is 0. The molecule has 0 spiro atoms. The van der Waals surface area contributed by atoms with Gasteiger partial charge in [-0.15, -0.1) is 0 Å². The highest BCUT2D eigenvalue weighted by Crippen LogP contribution is 2.28. The highest BCUT2D eigenvalue weighted by molar-refractivity contribution is 5.70. The average Bonchev–Trinajstić information content (AvgIpc) is 2.35. The molecule has 1 atom stereocenters. The van der Waals surface area contributed by atoms with Crippen molar-refractivity contribution in [3.63, 3.8) is 0 Å². The zero-order chi connectivity index (χ0) is 13.7. The lowest BCUT2D eigenvalue weighted by Gasteiger charge is -2.27. The van der Waals surface area contributed by atoms with E-state index in [1.54, 1.807) is 6.07 Å². The topological polar surface area (TPSA) is 72.4 Å². The maximum atomic E-state index is 10.7. The second kappa shape index (κ2) is 6.23. The fourth-order valence-corrected chi connectivity index (χ4v) is 1.85. The van der Waals surface area contributed by atoms with E-state index in [1.165, 1.54) is 12.1 Å². The summed E-state index contributed by atoms with van der Waals surface area (Å²) in [5.74, 6) is 0.569. The van der Waals surface area contributed by atoms with E-state index >= 15 is 0 Å². The summed E-state index contributed by atoms with van der Waals surface area (Å²) in [6, 6.07) is 4.67. The van der Waals surface area contributed by atoms with Crippen LogP contribution in [0, 0.1) is 16.0 Å². The third-order valence-corrected chi connectivity index (χ3v) is 3.17. The first-order valence-electron chi connectivity index (χ1n) is 6.28. The molecule has 5 nitrogen and oxygen atoms in total. The highest BCUT2D eigenvalue weighted by atomic mass is 16.6. The summed E-state index contributed by atoms with van der Waals surface area (Å²) in [6.45, 7) is 8.15. The summed E-state index contributed by atoms with van der Waals surface area (Å²) >= 11 is 0. The first-order valence-corrected chi connectivity index (χ1v) is 6.28. The van der Waals surface area contributed by atoms with Gasteiger partial charge in [0.05, 0.1) is 16.3 Å². The third kappa shape index (κ3) is 3.35. The summed E-state index contributed by atoms with van der Waals surface area (Å²) in [4.78, 5) is 12.4. The van der Waals surface area contributed by atoms with Crippen LogP contribution in [0.1, 0.15) is 27.2 Å². The number of anilines is 2. The van der Waals surface area contributed by atoms with Gasteiger partial charge in [0.25, 0.3) is 5.69 Å². The molecule has 1 rings (SSSR count). The predicted octanol–water partition coefficient (Wildman–Crippen LogP) is 3.05. The van der Waals surface area contributed by atoms with E-state index in [0.29, 0.717) is 11.6 Å². The molecule has 1 unspecified atom stereocenters. The number of benzene rings is 1. The Balaban J connectivity index is 2.96. The molecule has 5 heteroatoms. The molecule has 0 bridgehead atoms. The van der Waals surface area contributed by atoms with E-state index in [2.05, 4.69) is 25.7 Å². The Bertz CT molecular complexity index is 421. The van der Waals surface area contributed by atoms with Crippen LogP contribution in [0.5, 0.6) is 0 Å². The fourth-order valence-electron chi connectivity index (χ4n) is 1.85. The maximum absolute atomic E-state index is 10.7. The Morgan fingerprint density at radius 1 is 1.44 bits per heavy atom. The van der Waals surface area contributed by atoms with E-state index in [9.17, 15) is 10.1 Å². The van der Waals surface area contributed by atoms with Crippen molar-refractivity contribution in [3.8, 4) is 0 Å². The van der Waals surface area contributed by atoms with E-state index in [1.807, 2.05) is 0 Å². The van der Waals surface area contributed by atoms with Crippen LogP contribution in [0.2, 0.25) is 0 Å². The lowest BCUT2D eigenvalue weighted by Crippen LogP contribution is -2.28. The molecule has 0 aliphatic rings. The van der Waals surface area contributed by atoms with Crippen LogP contribution in [0.3, 0.4) is 0 Å². The van der Waals surface area contributed by atoms with E-state index in [4.69, 9.17) is 5.73 Å². The van der Waals surface area contributed by atoms with Crippen LogP contribution >= 0.6 is 0 Å². The molecule has 0 amide bonds. The Morgan fingerprint density at radius 2 is 2.11 bits per heavy atom. The quantitative estimate of drug-likeness (QED) is 0.479. The number of nitro benzene ring substituents is 1. The van der Waals surface area contributed by atoms with Crippen molar-refractivity contribution in [2.75, 3.05) is 23.7 Å². The standard InChI is InChI=1S/C13H21N3O2/c1-4-10(3)9-15(5-2)13-7-6-11(16(17)18)8-12(13)14/h6-8,10H,4-5,9,14H2,1-3H3. The van der Waals surface area contributed by atoms with Gasteiger partial charge in [-0.2, -0.15) is 0 Å². The van der Waals surface area contributed by atoms with E-state index < -0.39 is 4.92 Å². The van der Waals surface area contributed by atoms with Crippen LogP contribution < -0.4 is 10.6 Å². The SMILES string of the molecule is CCC(C)CN(CC)c1ccc([N+](=O)[O-])cc1N. The molecule has 1 aromatic carbocycles. The molecule has 0 saturated heterocycles. The van der Waals surface area contributed by atoms with Crippen molar-refractivity contribution in [2.24, 2.45) is 5.92 Å². The lowest BCUT2D eigenvalue weighted by atomic mass is 10.1. The minimum Gasteiger partial charge on any atom is -0.397 e. The largest absolute Gasteiger partial charge is 0.397 e. The lowest BCUT2D eigenvalue weighted by molar-refractivity contribution is -0.384. The van der Waals surface area contributed by atoms with Crippen LogP contribution in [0.15, 0.2) is 18.2 Å². The van der Waals surface area contributed by atoms with Crippen LogP contribution in [-0.2, 0) is 0 Å². The fraction of sp³-hybridized carbons (Fsp3) is 0.538. The molecule has 100 valence electrons. The van der Waals surface area contributed by atoms with Crippen molar-refractivity contribution >= 4 is 17.1 Å². The van der Waals surface area contributed by atoms with E-state index in [-0.39, 0.29) is 5.69 Å². The second-order valence-corrected chi connectivity index (χ2v) is 4.55. The van der Waals surface area contributed by atoms with Gasteiger partial charge in [-0.1, -0.05) is 20.3 Å². The molecule has 0 heterocycles. The van der Waals surface area contributed by atoms with Gasteiger partial charge in [-0.05, 0) is 18.9 Å². The Kier molecular flexibility index (Phi) is 4.95. The molecule has 0 aliphatic carbocycles. The van der Waals surface area contributed by atoms with Crippen molar-refractivity contribution < 1.29 is 4.92 Å².